The summed E-state index contributed by atoms with van der Waals surface area (Å²) in [4.78, 5) is 20.1. The van der Waals surface area contributed by atoms with Crippen LogP contribution in [0, 0.1) is 12.7 Å². The Bertz CT molecular complexity index is 1420. The van der Waals surface area contributed by atoms with Crippen LogP contribution in [0.4, 0.5) is 15.9 Å². The van der Waals surface area contributed by atoms with Crippen molar-refractivity contribution in [3.05, 3.63) is 59.5 Å². The van der Waals surface area contributed by atoms with Crippen molar-refractivity contribution < 1.29 is 9.18 Å². The van der Waals surface area contributed by atoms with Gasteiger partial charge in [-0.1, -0.05) is 24.2 Å². The van der Waals surface area contributed by atoms with E-state index in [0.717, 1.165) is 11.3 Å². The van der Waals surface area contributed by atoms with Gasteiger partial charge in [0.15, 0.2) is 11.6 Å². The first-order chi connectivity index (χ1) is 15.9. The smallest absolute Gasteiger partial charge is 0.246 e. The van der Waals surface area contributed by atoms with Gasteiger partial charge in [-0.2, -0.15) is 5.10 Å². The Morgan fingerprint density at radius 1 is 1.24 bits per heavy atom. The molecule has 1 aliphatic heterocycles. The number of carbonyl (C=O) groups is 1. The number of aromatic nitrogens is 3. The molecule has 0 unspecified atom stereocenters. The Balaban J connectivity index is 1.64. The third kappa shape index (κ3) is 3.38. The molecule has 0 radical (unpaired) electrons. The largest absolute Gasteiger partial charge is 0.382 e. The zero-order valence-electron chi connectivity index (χ0n) is 18.0. The average Bonchev–Trinajstić information content (AvgIpc) is 3.20. The van der Waals surface area contributed by atoms with Crippen LogP contribution in [0.1, 0.15) is 5.56 Å². The van der Waals surface area contributed by atoms with E-state index in [1.165, 1.54) is 6.08 Å². The number of piperazine rings is 1. The molecule has 3 N–H and O–H groups in total. The van der Waals surface area contributed by atoms with Crippen LogP contribution < -0.4 is 10.6 Å². The predicted molar refractivity (Wildman–Crippen MR) is 130 cm³/mol. The number of nitrogens with zero attached hydrogens (tertiary/aromatic N) is 4. The molecule has 1 aliphatic rings. The topological polar surface area (TPSA) is 91.1 Å². The van der Waals surface area contributed by atoms with Crippen LogP contribution in [0.2, 0.25) is 5.02 Å². The van der Waals surface area contributed by atoms with E-state index in [4.69, 9.17) is 17.3 Å². The van der Waals surface area contributed by atoms with E-state index in [9.17, 15) is 4.79 Å². The van der Waals surface area contributed by atoms with Gasteiger partial charge < -0.3 is 15.5 Å². The molecule has 1 amide bonds. The van der Waals surface area contributed by atoms with E-state index in [1.807, 2.05) is 25.1 Å². The minimum atomic E-state index is -0.504. The molecule has 5 rings (SSSR count). The second-order valence-corrected chi connectivity index (χ2v) is 8.49. The fourth-order valence-electron chi connectivity index (χ4n) is 4.57. The molecule has 1 saturated heterocycles. The number of hydrogen-bond donors (Lipinski definition) is 2. The van der Waals surface area contributed by atoms with Gasteiger partial charge in [-0.25, -0.2) is 4.39 Å². The standard InChI is InChI=1S/C24H22ClFN6O/c1-3-18(33)32-10-8-31(9-11-32)17-6-7-28-23-14(17)12-15(25)20(22(23)26)19-13(2)4-5-16-21(19)24(27)30-29-16/h3-7,12H,1,8-11H2,2H3,(H3,27,29,30). The fraction of sp³-hybridized carbons (Fsp3) is 0.208. The Morgan fingerprint density at radius 2 is 2.00 bits per heavy atom. The maximum absolute atomic E-state index is 16.0. The summed E-state index contributed by atoms with van der Waals surface area (Å²) >= 11 is 6.71. The van der Waals surface area contributed by atoms with Crippen molar-refractivity contribution in [3.63, 3.8) is 0 Å². The number of nitrogen functional groups attached to an aromatic ring is 1. The summed E-state index contributed by atoms with van der Waals surface area (Å²) in [5.74, 6) is -0.306. The third-order valence-corrected chi connectivity index (χ3v) is 6.53. The molecule has 0 aliphatic carbocycles. The number of H-pyrrole nitrogens is 1. The molecule has 0 saturated carbocycles. The van der Waals surface area contributed by atoms with Gasteiger partial charge in [-0.3, -0.25) is 14.9 Å². The molecule has 0 atom stereocenters. The van der Waals surface area contributed by atoms with Crippen LogP contribution in [0.25, 0.3) is 32.9 Å². The number of hydrogen-bond acceptors (Lipinski definition) is 5. The zero-order valence-corrected chi connectivity index (χ0v) is 18.8. The van der Waals surface area contributed by atoms with E-state index in [1.54, 1.807) is 17.2 Å². The summed E-state index contributed by atoms with van der Waals surface area (Å²) in [6, 6.07) is 7.34. The molecule has 4 aromatic rings. The van der Waals surface area contributed by atoms with Crippen LogP contribution in [-0.2, 0) is 4.79 Å². The van der Waals surface area contributed by atoms with Crippen molar-refractivity contribution >= 4 is 50.8 Å². The van der Waals surface area contributed by atoms with Gasteiger partial charge in [-0.05, 0) is 36.8 Å². The quantitative estimate of drug-likeness (QED) is 0.441. The van der Waals surface area contributed by atoms with Crippen molar-refractivity contribution in [3.8, 4) is 11.1 Å². The van der Waals surface area contributed by atoms with Crippen LogP contribution in [0.15, 0.2) is 43.1 Å². The number of anilines is 2. The second kappa shape index (κ2) is 8.04. The molecule has 7 nitrogen and oxygen atoms in total. The number of pyridine rings is 1. The Morgan fingerprint density at radius 3 is 2.73 bits per heavy atom. The van der Waals surface area contributed by atoms with E-state index in [0.29, 0.717) is 48.0 Å². The minimum absolute atomic E-state index is 0.0870. The number of carbonyl (C=O) groups excluding carboxylic acids is 1. The number of nitrogens with one attached hydrogen (secondary N) is 1. The van der Waals surface area contributed by atoms with Gasteiger partial charge >= 0.3 is 0 Å². The molecule has 2 aromatic carbocycles. The number of fused-ring (bicyclic) bond motifs is 2. The van der Waals surface area contributed by atoms with E-state index >= 15 is 4.39 Å². The van der Waals surface area contributed by atoms with Gasteiger partial charge in [0.25, 0.3) is 0 Å². The number of aromatic amines is 1. The summed E-state index contributed by atoms with van der Waals surface area (Å²) < 4.78 is 16.0. The lowest BCUT2D eigenvalue weighted by Gasteiger charge is -2.36. The number of amides is 1. The monoisotopic (exact) mass is 464 g/mol. The minimum Gasteiger partial charge on any atom is -0.382 e. The number of aryl methyl sites for hydroxylation is 1. The van der Waals surface area contributed by atoms with Crippen molar-refractivity contribution in [1.82, 2.24) is 20.1 Å². The van der Waals surface area contributed by atoms with Crippen LogP contribution >= 0.6 is 11.6 Å². The highest BCUT2D eigenvalue weighted by molar-refractivity contribution is 6.35. The van der Waals surface area contributed by atoms with Gasteiger partial charge in [-0.15, -0.1) is 0 Å². The van der Waals surface area contributed by atoms with Gasteiger partial charge in [0.1, 0.15) is 5.52 Å². The lowest BCUT2D eigenvalue weighted by atomic mass is 9.94. The van der Waals surface area contributed by atoms with Crippen molar-refractivity contribution in [2.75, 3.05) is 36.8 Å². The summed E-state index contributed by atoms with van der Waals surface area (Å²) in [6.45, 7) is 7.78. The van der Waals surface area contributed by atoms with Gasteiger partial charge in [0.2, 0.25) is 5.91 Å². The van der Waals surface area contributed by atoms with E-state index in [2.05, 4.69) is 26.7 Å². The molecule has 0 bridgehead atoms. The Labute approximate surface area is 194 Å². The molecular weight excluding hydrogens is 443 g/mol. The normalized spacial score (nSPS) is 14.3. The molecule has 1 fully saturated rings. The van der Waals surface area contributed by atoms with Gasteiger partial charge in [0, 0.05) is 54.6 Å². The lowest BCUT2D eigenvalue weighted by Crippen LogP contribution is -2.48. The highest BCUT2D eigenvalue weighted by Crippen LogP contribution is 2.43. The van der Waals surface area contributed by atoms with Gasteiger partial charge in [0.05, 0.1) is 15.9 Å². The third-order valence-electron chi connectivity index (χ3n) is 6.23. The zero-order chi connectivity index (χ0) is 23.3. The fourth-order valence-corrected chi connectivity index (χ4v) is 4.86. The molecule has 168 valence electrons. The average molecular weight is 465 g/mol. The predicted octanol–water partition coefficient (Wildman–Crippen LogP) is 4.30. The summed E-state index contributed by atoms with van der Waals surface area (Å²) in [6.07, 6.45) is 2.92. The number of nitrogens with two attached hydrogens (primary N) is 1. The van der Waals surface area contributed by atoms with Crippen LogP contribution in [-0.4, -0.2) is 52.2 Å². The number of halogens is 2. The first-order valence-corrected chi connectivity index (χ1v) is 10.9. The van der Waals surface area contributed by atoms with Crippen molar-refractivity contribution in [1.29, 1.82) is 0 Å². The van der Waals surface area contributed by atoms with Crippen molar-refractivity contribution in [2.45, 2.75) is 6.92 Å². The summed E-state index contributed by atoms with van der Waals surface area (Å²) in [5, 5.41) is 8.47. The first kappa shape index (κ1) is 21.2. The molecule has 2 aromatic heterocycles. The van der Waals surface area contributed by atoms with Crippen LogP contribution in [0.3, 0.4) is 0 Å². The van der Waals surface area contributed by atoms with Crippen molar-refractivity contribution in [2.24, 2.45) is 0 Å². The Kier molecular flexibility index (Phi) is 5.17. The molecule has 0 spiro atoms. The van der Waals surface area contributed by atoms with E-state index < -0.39 is 5.82 Å². The Hall–Kier alpha value is -3.65. The maximum Gasteiger partial charge on any atom is 0.246 e. The lowest BCUT2D eigenvalue weighted by molar-refractivity contribution is -0.126. The molecular formula is C24H22ClFN6O. The number of benzene rings is 2. The number of rotatable bonds is 3. The molecule has 33 heavy (non-hydrogen) atoms. The SMILES string of the molecule is C=CC(=O)N1CCN(c2ccnc3c(F)c(-c4c(C)ccc5[nH]nc(N)c45)c(Cl)cc23)CC1. The summed E-state index contributed by atoms with van der Waals surface area (Å²) in [7, 11) is 0. The first-order valence-electron chi connectivity index (χ1n) is 10.6. The highest BCUT2D eigenvalue weighted by atomic mass is 35.5. The molecule has 3 heterocycles. The van der Waals surface area contributed by atoms with Crippen LogP contribution in [0.5, 0.6) is 0 Å². The second-order valence-electron chi connectivity index (χ2n) is 8.08. The molecule has 9 heteroatoms. The highest BCUT2D eigenvalue weighted by Gasteiger charge is 2.25. The maximum atomic E-state index is 16.0. The summed E-state index contributed by atoms with van der Waals surface area (Å²) in [5.41, 5.74) is 9.55. The van der Waals surface area contributed by atoms with E-state index in [-0.39, 0.29) is 27.8 Å².